The zero-order valence-corrected chi connectivity index (χ0v) is 16.8. The summed E-state index contributed by atoms with van der Waals surface area (Å²) in [4.78, 5) is 0. The molecule has 1 atom stereocenters. The molecule has 0 aliphatic rings. The highest BCUT2D eigenvalue weighted by Crippen LogP contribution is 2.31. The number of fused-ring (bicyclic) bond motifs is 1. The van der Waals surface area contributed by atoms with E-state index in [1.165, 1.54) is 23.5 Å². The smallest absolute Gasteiger partial charge is 0.359 e. The Morgan fingerprint density at radius 2 is 1.93 bits per heavy atom. The van der Waals surface area contributed by atoms with Gasteiger partial charge in [0, 0.05) is 23.5 Å². The number of nitrogens with two attached hydrogens (primary N) is 1. The van der Waals surface area contributed by atoms with E-state index in [0.29, 0.717) is 18.1 Å². The van der Waals surface area contributed by atoms with Gasteiger partial charge in [-0.15, -0.1) is 10.2 Å². The fourth-order valence-electron chi connectivity index (χ4n) is 3.19. The number of H-pyrrole nitrogens is 1. The summed E-state index contributed by atoms with van der Waals surface area (Å²) in [5.74, 6) is 0. The third-order valence-corrected chi connectivity index (χ3v) is 5.64. The minimum Gasteiger partial charge on any atom is -0.359 e. The molecule has 6 nitrogen and oxygen atoms in total. The molecular formula is C20H19F3N6S. The van der Waals surface area contributed by atoms with Crippen molar-refractivity contribution in [1.29, 1.82) is 0 Å². The van der Waals surface area contributed by atoms with Crippen LogP contribution in [0.4, 0.5) is 18.3 Å². The lowest BCUT2D eigenvalue weighted by Gasteiger charge is -2.13. The first-order valence-electron chi connectivity index (χ1n) is 9.23. The van der Waals surface area contributed by atoms with E-state index < -0.39 is 11.7 Å². The Balaban J connectivity index is 1.37. The second-order valence-corrected chi connectivity index (χ2v) is 8.06. The largest absolute Gasteiger partial charge is 0.416 e. The van der Waals surface area contributed by atoms with Crippen LogP contribution in [0, 0.1) is 6.92 Å². The molecule has 156 valence electrons. The number of rotatable bonds is 6. The summed E-state index contributed by atoms with van der Waals surface area (Å²) >= 11 is 1.41. The predicted octanol–water partition coefficient (Wildman–Crippen LogP) is 4.39. The molecule has 0 saturated heterocycles. The van der Waals surface area contributed by atoms with E-state index in [1.807, 2.05) is 19.1 Å². The summed E-state index contributed by atoms with van der Waals surface area (Å²) in [6.45, 7) is 2.43. The van der Waals surface area contributed by atoms with E-state index in [4.69, 9.17) is 5.73 Å². The standard InChI is InChI=1S/C20H19F3N6S/c1-11-6-13(8-14-9-26-27-17(11)14)18-28-29-19(30-18)25-10-16(24)7-12-2-4-15(5-3-12)20(21,22)23/h2-6,8-9,16H,7,10,24H2,1H3,(H,25,29)(H,26,27)/t16-/m1/s1. The molecule has 0 aliphatic heterocycles. The van der Waals surface area contributed by atoms with Gasteiger partial charge in [-0.3, -0.25) is 5.10 Å². The summed E-state index contributed by atoms with van der Waals surface area (Å²) in [6.07, 6.45) is -2.11. The number of halogens is 3. The summed E-state index contributed by atoms with van der Waals surface area (Å²) in [5, 5.41) is 21.0. The molecule has 0 saturated carbocycles. The zero-order chi connectivity index (χ0) is 21.3. The molecule has 0 spiro atoms. The lowest BCUT2D eigenvalue weighted by atomic mass is 10.0. The van der Waals surface area contributed by atoms with E-state index >= 15 is 0 Å². The lowest BCUT2D eigenvalue weighted by molar-refractivity contribution is -0.137. The molecule has 2 aromatic carbocycles. The van der Waals surface area contributed by atoms with Gasteiger partial charge < -0.3 is 11.1 Å². The van der Waals surface area contributed by atoms with E-state index in [2.05, 4.69) is 25.7 Å². The Morgan fingerprint density at radius 3 is 2.67 bits per heavy atom. The van der Waals surface area contributed by atoms with Crippen molar-refractivity contribution in [2.45, 2.75) is 25.6 Å². The number of alkyl halides is 3. The van der Waals surface area contributed by atoms with Crippen LogP contribution in [0.1, 0.15) is 16.7 Å². The molecule has 0 aliphatic carbocycles. The van der Waals surface area contributed by atoms with Crippen LogP contribution in [0.25, 0.3) is 21.5 Å². The first kappa shape index (κ1) is 20.3. The highest BCUT2D eigenvalue weighted by atomic mass is 32.1. The quantitative estimate of drug-likeness (QED) is 0.420. The fourth-order valence-corrected chi connectivity index (χ4v) is 3.93. The zero-order valence-electron chi connectivity index (χ0n) is 16.0. The van der Waals surface area contributed by atoms with Gasteiger partial charge in [-0.1, -0.05) is 23.5 Å². The monoisotopic (exact) mass is 432 g/mol. The number of aromatic nitrogens is 4. The average Bonchev–Trinajstić information content (AvgIpc) is 3.36. The van der Waals surface area contributed by atoms with E-state index in [1.54, 1.807) is 6.20 Å². The second kappa shape index (κ2) is 8.04. The van der Waals surface area contributed by atoms with E-state index in [9.17, 15) is 13.2 Å². The van der Waals surface area contributed by atoms with Crippen LogP contribution in [0.3, 0.4) is 0 Å². The molecule has 0 bridgehead atoms. The van der Waals surface area contributed by atoms with Crippen molar-refractivity contribution < 1.29 is 13.2 Å². The third-order valence-electron chi connectivity index (χ3n) is 4.71. The van der Waals surface area contributed by atoms with Crippen molar-refractivity contribution in [3.8, 4) is 10.6 Å². The highest BCUT2D eigenvalue weighted by molar-refractivity contribution is 7.18. The van der Waals surface area contributed by atoms with Gasteiger partial charge in [-0.05, 0) is 48.7 Å². The summed E-state index contributed by atoms with van der Waals surface area (Å²) in [5.41, 5.74) is 9.24. The van der Waals surface area contributed by atoms with Gasteiger partial charge in [0.25, 0.3) is 0 Å². The number of aryl methyl sites for hydroxylation is 1. The Labute approximate surface area is 174 Å². The number of anilines is 1. The van der Waals surface area contributed by atoms with Crippen molar-refractivity contribution in [1.82, 2.24) is 20.4 Å². The van der Waals surface area contributed by atoms with Gasteiger partial charge in [0.2, 0.25) is 5.13 Å². The molecule has 0 radical (unpaired) electrons. The van der Waals surface area contributed by atoms with Crippen molar-refractivity contribution in [3.05, 3.63) is 59.3 Å². The minimum absolute atomic E-state index is 0.279. The minimum atomic E-state index is -4.33. The first-order chi connectivity index (χ1) is 14.3. The summed E-state index contributed by atoms with van der Waals surface area (Å²) < 4.78 is 37.9. The summed E-state index contributed by atoms with van der Waals surface area (Å²) in [7, 11) is 0. The number of nitrogens with one attached hydrogen (secondary N) is 2. The number of nitrogens with zero attached hydrogens (tertiary/aromatic N) is 3. The lowest BCUT2D eigenvalue weighted by Crippen LogP contribution is -2.31. The SMILES string of the molecule is Cc1cc(-c2nnc(NC[C@H](N)Cc3ccc(C(F)(F)F)cc3)s2)cc2cn[nH]c12. The molecule has 0 amide bonds. The topological polar surface area (TPSA) is 92.5 Å². The average molecular weight is 432 g/mol. The second-order valence-electron chi connectivity index (χ2n) is 7.08. The molecule has 0 unspecified atom stereocenters. The van der Waals surface area contributed by atoms with Crippen LogP contribution in [-0.4, -0.2) is 33.0 Å². The van der Waals surface area contributed by atoms with Crippen molar-refractivity contribution in [2.24, 2.45) is 5.73 Å². The van der Waals surface area contributed by atoms with Crippen molar-refractivity contribution >= 4 is 27.4 Å². The normalized spacial score (nSPS) is 13.0. The first-order valence-corrected chi connectivity index (χ1v) is 10.0. The maximum absolute atomic E-state index is 12.6. The van der Waals surface area contributed by atoms with Crippen LogP contribution >= 0.6 is 11.3 Å². The summed E-state index contributed by atoms with van der Waals surface area (Å²) in [6, 6.07) is 8.82. The van der Waals surface area contributed by atoms with Crippen LogP contribution < -0.4 is 11.1 Å². The van der Waals surface area contributed by atoms with Gasteiger partial charge in [-0.25, -0.2) is 0 Å². The van der Waals surface area contributed by atoms with Crippen LogP contribution in [-0.2, 0) is 12.6 Å². The van der Waals surface area contributed by atoms with Gasteiger partial charge in [0.1, 0.15) is 5.01 Å². The molecule has 4 N–H and O–H groups in total. The van der Waals surface area contributed by atoms with Crippen LogP contribution in [0.2, 0.25) is 0 Å². The molecule has 0 fully saturated rings. The number of aromatic amines is 1. The molecule has 10 heteroatoms. The highest BCUT2D eigenvalue weighted by Gasteiger charge is 2.29. The maximum atomic E-state index is 12.6. The van der Waals surface area contributed by atoms with Gasteiger partial charge in [0.15, 0.2) is 0 Å². The Kier molecular flexibility index (Phi) is 5.44. The van der Waals surface area contributed by atoms with Crippen LogP contribution in [0.15, 0.2) is 42.6 Å². The fraction of sp³-hybridized carbons (Fsp3) is 0.250. The van der Waals surface area contributed by atoms with Crippen LogP contribution in [0.5, 0.6) is 0 Å². The molecule has 2 heterocycles. The molecule has 2 aromatic heterocycles. The maximum Gasteiger partial charge on any atom is 0.416 e. The van der Waals surface area contributed by atoms with Crippen molar-refractivity contribution in [2.75, 3.05) is 11.9 Å². The Morgan fingerprint density at radius 1 is 1.17 bits per heavy atom. The molecular weight excluding hydrogens is 413 g/mol. The number of benzene rings is 2. The Hall–Kier alpha value is -2.98. The molecule has 4 aromatic rings. The molecule has 30 heavy (non-hydrogen) atoms. The molecule has 4 rings (SSSR count). The van der Waals surface area contributed by atoms with Gasteiger partial charge in [-0.2, -0.15) is 18.3 Å². The van der Waals surface area contributed by atoms with Gasteiger partial charge in [0.05, 0.1) is 17.3 Å². The van der Waals surface area contributed by atoms with Crippen molar-refractivity contribution in [3.63, 3.8) is 0 Å². The third kappa shape index (κ3) is 4.44. The number of hydrogen-bond donors (Lipinski definition) is 3. The van der Waals surface area contributed by atoms with E-state index in [0.717, 1.165) is 44.7 Å². The Bertz CT molecular complexity index is 1150. The van der Waals surface area contributed by atoms with Gasteiger partial charge >= 0.3 is 6.18 Å². The predicted molar refractivity (Wildman–Crippen MR) is 111 cm³/mol. The number of hydrogen-bond acceptors (Lipinski definition) is 6. The van der Waals surface area contributed by atoms with E-state index in [-0.39, 0.29) is 6.04 Å².